The zero-order chi connectivity index (χ0) is 51.5. The van der Waals surface area contributed by atoms with Crippen LogP contribution in [0, 0.1) is 5.41 Å². The molecule has 73 heavy (non-hydrogen) atoms. The molecule has 1 aliphatic carbocycles. The van der Waals surface area contributed by atoms with Gasteiger partial charge in [-0.25, -0.2) is 9.59 Å². The number of esters is 2. The van der Waals surface area contributed by atoms with E-state index in [4.69, 9.17) is 87.6 Å². The summed E-state index contributed by atoms with van der Waals surface area (Å²) < 4.78 is 60.2. The van der Waals surface area contributed by atoms with Crippen molar-refractivity contribution >= 4 is 58.8 Å². The fraction of sp³-hybridized carbons (Fsp3) is 0.358. The van der Waals surface area contributed by atoms with Gasteiger partial charge >= 0.3 is 18.1 Å². The summed E-state index contributed by atoms with van der Waals surface area (Å²) in [6, 6.07) is 40.5. The molecule has 17 nitrogen and oxygen atoms in total. The minimum Gasteiger partial charge on any atom is -0.463 e. The number of azide groups is 1. The summed E-state index contributed by atoms with van der Waals surface area (Å²) >= 11 is 18.3. The van der Waals surface area contributed by atoms with Crippen molar-refractivity contribution in [2.24, 2.45) is 5.11 Å². The van der Waals surface area contributed by atoms with Gasteiger partial charge in [-0.3, -0.25) is 10.2 Å². The Morgan fingerprint density at radius 3 is 1.75 bits per heavy atom. The Morgan fingerprint density at radius 2 is 1.19 bits per heavy atom. The van der Waals surface area contributed by atoms with Gasteiger partial charge in [0.2, 0.25) is 12.2 Å². The Kier molecular flexibility index (Phi) is 17.9. The Balaban J connectivity index is 1.14. The largest absolute Gasteiger partial charge is 0.508 e. The van der Waals surface area contributed by atoms with Crippen LogP contribution in [0.5, 0.6) is 0 Å². The van der Waals surface area contributed by atoms with Crippen molar-refractivity contribution in [2.75, 3.05) is 13.2 Å². The number of rotatable bonds is 18. The lowest BCUT2D eigenvalue weighted by atomic mass is 9.94. The quantitative estimate of drug-likeness (QED) is 0.0126. The number of halogens is 3. The van der Waals surface area contributed by atoms with Gasteiger partial charge in [-0.15, -0.1) is 0 Å². The first-order valence-corrected chi connectivity index (χ1v) is 24.5. The molecule has 5 aromatic rings. The number of nitrogens with one attached hydrogen (secondary N) is 1. The number of benzene rings is 5. The monoisotopic (exact) mass is 1060 g/mol. The molecule has 0 aromatic heterocycles. The third kappa shape index (κ3) is 13.1. The first kappa shape index (κ1) is 53.1. The first-order chi connectivity index (χ1) is 35.3. The number of ether oxygens (including phenoxy) is 10. The van der Waals surface area contributed by atoms with Crippen LogP contribution < -0.4 is 0 Å². The van der Waals surface area contributed by atoms with Crippen LogP contribution in [0.3, 0.4) is 0 Å². The molecule has 0 radical (unpaired) electrons. The van der Waals surface area contributed by atoms with Gasteiger partial charge in [0.15, 0.2) is 18.5 Å². The number of hydrogen-bond donors (Lipinski definition) is 1. The van der Waals surface area contributed by atoms with Crippen molar-refractivity contribution in [3.8, 4) is 11.1 Å². The fourth-order valence-electron chi connectivity index (χ4n) is 9.01. The van der Waals surface area contributed by atoms with Crippen molar-refractivity contribution < 1.29 is 61.8 Å². The Bertz CT molecular complexity index is 2690. The van der Waals surface area contributed by atoms with Gasteiger partial charge in [0.05, 0.1) is 24.9 Å². The van der Waals surface area contributed by atoms with Crippen LogP contribution in [0.15, 0.2) is 145 Å². The molecule has 2 fully saturated rings. The lowest BCUT2D eigenvalue weighted by Gasteiger charge is -2.49. The Morgan fingerprint density at radius 1 is 0.644 bits per heavy atom. The fourth-order valence-corrected chi connectivity index (χ4v) is 9.14. The molecular formula is C53H51Cl3N4O13. The van der Waals surface area contributed by atoms with E-state index < -0.39 is 95.7 Å². The zero-order valence-corrected chi connectivity index (χ0v) is 41.7. The molecule has 1 N–H and O–H groups in total. The lowest BCUT2D eigenvalue weighted by Crippen LogP contribution is -2.65. The zero-order valence-electron chi connectivity index (χ0n) is 39.4. The number of fused-ring (bicyclic) bond motifs is 3. The summed E-state index contributed by atoms with van der Waals surface area (Å²) in [7, 11) is 0. The molecular weight excluding hydrogens is 1010 g/mol. The van der Waals surface area contributed by atoms with Gasteiger partial charge in [-0.2, -0.15) is 0 Å². The average molecular weight is 1060 g/mol. The van der Waals surface area contributed by atoms with Crippen LogP contribution in [0.4, 0.5) is 4.79 Å². The molecule has 2 aliphatic heterocycles. The molecule has 2 heterocycles. The topological polar surface area (TPSA) is 216 Å². The van der Waals surface area contributed by atoms with Gasteiger partial charge in [0.25, 0.3) is 3.79 Å². The van der Waals surface area contributed by atoms with E-state index in [1.165, 1.54) is 19.1 Å². The van der Waals surface area contributed by atoms with Crippen LogP contribution >= 0.6 is 34.8 Å². The van der Waals surface area contributed by atoms with Crippen LogP contribution in [-0.2, 0) is 65.4 Å². The molecule has 5 aromatic carbocycles. The van der Waals surface area contributed by atoms with E-state index >= 15 is 0 Å². The second-order valence-corrected chi connectivity index (χ2v) is 19.4. The van der Waals surface area contributed by atoms with E-state index in [2.05, 4.69) is 10.0 Å². The minimum atomic E-state index is -2.35. The van der Waals surface area contributed by atoms with Gasteiger partial charge in [0.1, 0.15) is 43.7 Å². The smallest absolute Gasteiger partial charge is 0.463 e. The van der Waals surface area contributed by atoms with Crippen molar-refractivity contribution in [2.45, 2.75) is 105 Å². The Labute approximate surface area is 435 Å². The van der Waals surface area contributed by atoms with Crippen molar-refractivity contribution in [3.63, 3.8) is 0 Å². The van der Waals surface area contributed by atoms with E-state index in [0.29, 0.717) is 11.1 Å². The summed E-state index contributed by atoms with van der Waals surface area (Å²) in [5.41, 5.74) is 15.8. The summed E-state index contributed by atoms with van der Waals surface area (Å²) in [6.45, 7) is 2.21. The molecule has 0 bridgehead atoms. The van der Waals surface area contributed by atoms with Crippen LogP contribution in [-0.4, -0.2) is 102 Å². The molecule has 0 saturated carbocycles. The molecule has 3 aliphatic rings. The lowest BCUT2D eigenvalue weighted by molar-refractivity contribution is -0.342. The van der Waals surface area contributed by atoms with Gasteiger partial charge in [0, 0.05) is 17.8 Å². The maximum Gasteiger partial charge on any atom is 0.508 e. The average Bonchev–Trinajstić information content (AvgIpc) is 3.72. The van der Waals surface area contributed by atoms with Gasteiger partial charge in [-0.05, 0) is 57.5 Å². The number of hydrogen-bond acceptors (Lipinski definition) is 15. The van der Waals surface area contributed by atoms with E-state index in [-0.39, 0.29) is 37.7 Å². The van der Waals surface area contributed by atoms with E-state index in [9.17, 15) is 19.9 Å². The number of alkyl halides is 3. The molecule has 2 saturated heterocycles. The summed E-state index contributed by atoms with van der Waals surface area (Å²) in [5.74, 6) is -2.66. The highest BCUT2D eigenvalue weighted by molar-refractivity contribution is 6.76. The maximum absolute atomic E-state index is 14.0. The predicted molar refractivity (Wildman–Crippen MR) is 267 cm³/mol. The molecule has 382 valence electrons. The third-order valence-corrected chi connectivity index (χ3v) is 12.9. The molecule has 5 unspecified atom stereocenters. The van der Waals surface area contributed by atoms with Crippen molar-refractivity contribution in [1.82, 2.24) is 0 Å². The highest BCUT2D eigenvalue weighted by atomic mass is 35.6. The van der Waals surface area contributed by atoms with Crippen LogP contribution in [0.2, 0.25) is 0 Å². The van der Waals surface area contributed by atoms with Crippen molar-refractivity contribution in [3.05, 3.63) is 178 Å². The summed E-state index contributed by atoms with van der Waals surface area (Å²) in [5, 5.41) is 12.6. The summed E-state index contributed by atoms with van der Waals surface area (Å²) in [6.07, 6.45) is -13.5. The first-order valence-electron chi connectivity index (χ1n) is 23.4. The number of carbonyl (C=O) groups excluding carboxylic acids is 3. The van der Waals surface area contributed by atoms with Gasteiger partial charge < -0.3 is 47.4 Å². The second-order valence-electron chi connectivity index (χ2n) is 17.2. The standard InChI is InChI=1S/C53H51Cl3N4O13/c1-3-40-43(46(66-28-33-19-9-5-10-20-33)47(50(68-40)73-51(57)53(54,55)56)70-48(62)34-21-11-6-12-22-34)71-49-42(59-60-58)45(65-27-32-17-7-4-8-18-32)44(41(69-49)30-64-31(2)61)72-52(63)67-29-39-37-25-15-13-23-35(37)36-24-14-16-26-38(36)39/h4-26,39-47,49-50,57H,3,27-30H2,1-2H3/t40?,41?,42?,43-,44-,45-,46+,47?,49-,50?/m0/s1. The second kappa shape index (κ2) is 24.7. The SMILES string of the molecule is CCC1OC(OC(=N)C(Cl)(Cl)Cl)C(OC(=O)c2ccccc2)[C@H](OCc2ccccc2)[C@H]1O[C@@H]1OC(COC(C)=O)[C@H](OC(=O)OCC2c3ccccc3-c3ccccc32)[C@@H](OCc2ccccc2)C1N=[N+]=[N-]. The third-order valence-electron chi connectivity index (χ3n) is 12.4. The molecule has 0 amide bonds. The minimum absolute atomic E-state index is 0.0744. The van der Waals surface area contributed by atoms with Crippen LogP contribution in [0.1, 0.15) is 58.8 Å². The van der Waals surface area contributed by atoms with E-state index in [0.717, 1.165) is 22.3 Å². The number of nitrogens with zero attached hydrogens (tertiary/aromatic N) is 3. The molecule has 8 rings (SSSR count). The van der Waals surface area contributed by atoms with Gasteiger partial charge in [-0.1, -0.05) is 174 Å². The van der Waals surface area contributed by atoms with E-state index in [1.54, 1.807) is 25.1 Å². The normalized spacial score (nSPS) is 24.5. The molecule has 20 heteroatoms. The molecule has 0 spiro atoms. The molecule has 10 atom stereocenters. The Hall–Kier alpha value is -6.24. The van der Waals surface area contributed by atoms with Crippen LogP contribution in [0.25, 0.3) is 21.6 Å². The highest BCUT2D eigenvalue weighted by Gasteiger charge is 2.56. The maximum atomic E-state index is 14.0. The highest BCUT2D eigenvalue weighted by Crippen LogP contribution is 2.45. The predicted octanol–water partition coefficient (Wildman–Crippen LogP) is 10.6. The summed E-state index contributed by atoms with van der Waals surface area (Å²) in [4.78, 5) is 43.6. The number of carbonyl (C=O) groups is 3. The van der Waals surface area contributed by atoms with Crippen molar-refractivity contribution in [1.29, 1.82) is 5.41 Å². The van der Waals surface area contributed by atoms with E-state index in [1.807, 2.05) is 109 Å².